The number of fused-ring (bicyclic) bond motifs is 1. The molecule has 0 saturated heterocycles. The summed E-state index contributed by atoms with van der Waals surface area (Å²) in [7, 11) is 3.29. The predicted molar refractivity (Wildman–Crippen MR) is 106 cm³/mol. The molecule has 1 amide bonds. The smallest absolute Gasteiger partial charge is 0.307 e. The average molecular weight is 385 g/mol. The number of benzene rings is 2. The van der Waals surface area contributed by atoms with Gasteiger partial charge in [-0.3, -0.25) is 9.59 Å². The van der Waals surface area contributed by atoms with Crippen LogP contribution in [0.5, 0.6) is 0 Å². The topological polar surface area (TPSA) is 60.3 Å². The van der Waals surface area contributed by atoms with Crippen LogP contribution in [0.1, 0.15) is 23.6 Å². The molecule has 3 aromatic rings. The fourth-order valence-electron chi connectivity index (χ4n) is 3.18. The zero-order valence-electron chi connectivity index (χ0n) is 15.2. The highest BCUT2D eigenvalue weighted by Gasteiger charge is 2.20. The minimum Gasteiger partial charge on any atom is -0.469 e. The van der Waals surface area contributed by atoms with Crippen molar-refractivity contribution in [1.82, 2.24) is 9.88 Å². The van der Waals surface area contributed by atoms with Crippen LogP contribution < -0.4 is 5.32 Å². The number of carbonyl (C=O) groups excluding carboxylic acids is 2. The molecule has 140 valence electrons. The van der Waals surface area contributed by atoms with Crippen molar-refractivity contribution >= 4 is 34.4 Å². The highest BCUT2D eigenvalue weighted by Crippen LogP contribution is 2.23. The van der Waals surface area contributed by atoms with Crippen LogP contribution in [0.25, 0.3) is 10.9 Å². The Morgan fingerprint density at radius 1 is 1.15 bits per heavy atom. The van der Waals surface area contributed by atoms with Gasteiger partial charge < -0.3 is 14.6 Å². The number of amides is 1. The fraction of sp³-hybridized carbons (Fsp3) is 0.238. The van der Waals surface area contributed by atoms with E-state index in [0.29, 0.717) is 5.02 Å². The van der Waals surface area contributed by atoms with Crippen LogP contribution in [0.2, 0.25) is 5.02 Å². The van der Waals surface area contributed by atoms with E-state index in [4.69, 9.17) is 16.3 Å². The number of halogens is 1. The Morgan fingerprint density at radius 3 is 2.56 bits per heavy atom. The van der Waals surface area contributed by atoms with Gasteiger partial charge in [0.25, 0.3) is 0 Å². The van der Waals surface area contributed by atoms with Gasteiger partial charge in [-0.25, -0.2) is 0 Å². The lowest BCUT2D eigenvalue weighted by molar-refractivity contribution is -0.141. The molecule has 27 heavy (non-hydrogen) atoms. The molecule has 0 radical (unpaired) electrons. The van der Waals surface area contributed by atoms with Gasteiger partial charge in [0, 0.05) is 29.2 Å². The van der Waals surface area contributed by atoms with Crippen LogP contribution in [-0.4, -0.2) is 23.6 Å². The SMILES string of the molecule is COC(=O)CC(NC(=O)Cc1cn(C)c2ccccc12)c1ccc(Cl)cc1. The number of hydrogen-bond donors (Lipinski definition) is 1. The number of para-hydroxylation sites is 1. The Bertz CT molecular complexity index is 963. The summed E-state index contributed by atoms with van der Waals surface area (Å²) in [6.07, 6.45) is 2.24. The van der Waals surface area contributed by atoms with E-state index in [1.54, 1.807) is 24.3 Å². The molecule has 0 spiro atoms. The third kappa shape index (κ3) is 4.49. The Hall–Kier alpha value is -2.79. The molecule has 0 saturated carbocycles. The van der Waals surface area contributed by atoms with E-state index in [1.165, 1.54) is 7.11 Å². The summed E-state index contributed by atoms with van der Waals surface area (Å²) in [6.45, 7) is 0. The predicted octanol–water partition coefficient (Wildman–Crippen LogP) is 3.79. The van der Waals surface area contributed by atoms with Crippen molar-refractivity contribution < 1.29 is 14.3 Å². The van der Waals surface area contributed by atoms with Gasteiger partial charge in [-0.2, -0.15) is 0 Å². The molecule has 0 aliphatic carbocycles. The first-order chi connectivity index (χ1) is 13.0. The molecular weight excluding hydrogens is 364 g/mol. The number of rotatable bonds is 6. The van der Waals surface area contributed by atoms with Gasteiger partial charge in [0.05, 0.1) is 26.0 Å². The first-order valence-electron chi connectivity index (χ1n) is 8.62. The molecule has 3 rings (SSSR count). The van der Waals surface area contributed by atoms with Gasteiger partial charge in [0.1, 0.15) is 0 Å². The molecule has 6 heteroatoms. The third-order valence-electron chi connectivity index (χ3n) is 4.54. The minimum absolute atomic E-state index is 0.0550. The number of ether oxygens (including phenoxy) is 1. The minimum atomic E-state index is -0.475. The molecule has 2 aromatic carbocycles. The molecule has 1 heterocycles. The first kappa shape index (κ1) is 19.0. The Balaban J connectivity index is 1.79. The van der Waals surface area contributed by atoms with Crippen molar-refractivity contribution in [2.24, 2.45) is 7.05 Å². The van der Waals surface area contributed by atoms with E-state index >= 15 is 0 Å². The Kier molecular flexibility index (Phi) is 5.81. The lowest BCUT2D eigenvalue weighted by Crippen LogP contribution is -2.31. The quantitative estimate of drug-likeness (QED) is 0.658. The standard InChI is InChI=1S/C21H21ClN2O3/c1-24-13-15(17-5-3-4-6-19(17)24)11-20(25)23-18(12-21(26)27-2)14-7-9-16(22)10-8-14/h3-10,13,18H,11-12H2,1-2H3,(H,23,25). The molecule has 5 nitrogen and oxygen atoms in total. The van der Waals surface area contributed by atoms with Crippen LogP contribution >= 0.6 is 11.6 Å². The molecule has 0 aliphatic rings. The van der Waals surface area contributed by atoms with Gasteiger partial charge in [-0.05, 0) is 29.3 Å². The van der Waals surface area contributed by atoms with Gasteiger partial charge in [0.15, 0.2) is 0 Å². The number of nitrogens with one attached hydrogen (secondary N) is 1. The van der Waals surface area contributed by atoms with E-state index in [9.17, 15) is 9.59 Å². The maximum Gasteiger partial charge on any atom is 0.307 e. The molecule has 1 aromatic heterocycles. The van der Waals surface area contributed by atoms with E-state index < -0.39 is 6.04 Å². The summed E-state index contributed by atoms with van der Waals surface area (Å²) in [4.78, 5) is 24.5. The zero-order valence-corrected chi connectivity index (χ0v) is 16.0. The highest BCUT2D eigenvalue weighted by molar-refractivity contribution is 6.30. The maximum absolute atomic E-state index is 12.7. The van der Waals surface area contributed by atoms with E-state index in [0.717, 1.165) is 22.0 Å². The Morgan fingerprint density at radius 2 is 1.85 bits per heavy atom. The largest absolute Gasteiger partial charge is 0.469 e. The number of aromatic nitrogens is 1. The van der Waals surface area contributed by atoms with Crippen molar-refractivity contribution in [2.45, 2.75) is 18.9 Å². The second-order valence-electron chi connectivity index (χ2n) is 6.41. The van der Waals surface area contributed by atoms with Crippen molar-refractivity contribution in [3.63, 3.8) is 0 Å². The van der Waals surface area contributed by atoms with Crippen molar-refractivity contribution in [3.05, 3.63) is 70.9 Å². The number of carbonyl (C=O) groups is 2. The zero-order chi connectivity index (χ0) is 19.4. The summed E-state index contributed by atoms with van der Waals surface area (Å²) in [5.41, 5.74) is 2.82. The molecule has 0 fully saturated rings. The van der Waals surface area contributed by atoms with Crippen LogP contribution in [-0.2, 0) is 27.8 Å². The molecule has 1 atom stereocenters. The second-order valence-corrected chi connectivity index (χ2v) is 6.85. The molecule has 0 bridgehead atoms. The van der Waals surface area contributed by atoms with Crippen LogP contribution in [0, 0.1) is 0 Å². The van der Waals surface area contributed by atoms with Crippen molar-refractivity contribution in [2.75, 3.05) is 7.11 Å². The normalized spacial score (nSPS) is 12.0. The number of esters is 1. The monoisotopic (exact) mass is 384 g/mol. The average Bonchev–Trinajstić information content (AvgIpc) is 2.97. The number of hydrogen-bond acceptors (Lipinski definition) is 3. The highest BCUT2D eigenvalue weighted by atomic mass is 35.5. The van der Waals surface area contributed by atoms with Gasteiger partial charge >= 0.3 is 5.97 Å². The number of methoxy groups -OCH3 is 1. The third-order valence-corrected chi connectivity index (χ3v) is 4.79. The van der Waals surface area contributed by atoms with Crippen molar-refractivity contribution in [3.8, 4) is 0 Å². The summed E-state index contributed by atoms with van der Waals surface area (Å²) < 4.78 is 6.77. The van der Waals surface area contributed by atoms with Crippen molar-refractivity contribution in [1.29, 1.82) is 0 Å². The van der Waals surface area contributed by atoms with Crippen LogP contribution in [0.3, 0.4) is 0 Å². The summed E-state index contributed by atoms with van der Waals surface area (Å²) in [5.74, 6) is -0.546. The summed E-state index contributed by atoms with van der Waals surface area (Å²) >= 11 is 5.94. The lowest BCUT2D eigenvalue weighted by atomic mass is 10.0. The fourth-order valence-corrected chi connectivity index (χ4v) is 3.31. The van der Waals surface area contributed by atoms with Gasteiger partial charge in [-0.15, -0.1) is 0 Å². The van der Waals surface area contributed by atoms with E-state index in [1.807, 2.05) is 42.1 Å². The molecular formula is C21H21ClN2O3. The molecule has 1 N–H and O–H groups in total. The van der Waals surface area contributed by atoms with E-state index in [2.05, 4.69) is 5.32 Å². The second kappa shape index (κ2) is 8.27. The number of nitrogens with zero attached hydrogens (tertiary/aromatic N) is 1. The van der Waals surface area contributed by atoms with Crippen LogP contribution in [0.4, 0.5) is 0 Å². The molecule has 1 unspecified atom stereocenters. The Labute approximate surface area is 162 Å². The number of aryl methyl sites for hydroxylation is 1. The summed E-state index contributed by atoms with van der Waals surface area (Å²) in [5, 5.41) is 4.59. The van der Waals surface area contributed by atoms with Gasteiger partial charge in [-0.1, -0.05) is 41.9 Å². The van der Waals surface area contributed by atoms with E-state index in [-0.39, 0.29) is 24.7 Å². The first-order valence-corrected chi connectivity index (χ1v) is 9.00. The summed E-state index contributed by atoms with van der Waals surface area (Å²) in [6, 6.07) is 14.5. The maximum atomic E-state index is 12.7. The van der Waals surface area contributed by atoms with Crippen LogP contribution in [0.15, 0.2) is 54.7 Å². The van der Waals surface area contributed by atoms with Gasteiger partial charge in [0.2, 0.25) is 5.91 Å². The molecule has 0 aliphatic heterocycles. The lowest BCUT2D eigenvalue weighted by Gasteiger charge is -2.18.